The van der Waals surface area contributed by atoms with Crippen molar-refractivity contribution >= 4 is 5.91 Å². The van der Waals surface area contributed by atoms with Crippen molar-refractivity contribution in [2.75, 3.05) is 6.61 Å². The zero-order valence-corrected chi connectivity index (χ0v) is 42.0. The van der Waals surface area contributed by atoms with E-state index in [9.17, 15) is 20.1 Å². The lowest BCUT2D eigenvalue weighted by atomic mass is 10.0. The van der Waals surface area contributed by atoms with Crippen LogP contribution in [0.1, 0.15) is 309 Å². The van der Waals surface area contributed by atoms with Crippen LogP contribution in [0.4, 0.5) is 0 Å². The zero-order valence-electron chi connectivity index (χ0n) is 42.0. The van der Waals surface area contributed by atoms with Crippen LogP contribution in [-0.2, 0) is 4.79 Å². The van der Waals surface area contributed by atoms with Crippen molar-refractivity contribution in [2.45, 2.75) is 327 Å². The van der Waals surface area contributed by atoms with Gasteiger partial charge in [-0.2, -0.15) is 0 Å². The Labute approximate surface area is 388 Å². The van der Waals surface area contributed by atoms with Crippen molar-refractivity contribution in [2.24, 2.45) is 0 Å². The van der Waals surface area contributed by atoms with Crippen LogP contribution < -0.4 is 5.32 Å². The fraction of sp³-hybridized carbons (Fsp3) is 0.912. The molecule has 0 aromatic carbocycles. The van der Waals surface area contributed by atoms with Gasteiger partial charge in [0.25, 0.3) is 0 Å². The van der Waals surface area contributed by atoms with Crippen LogP contribution in [0.15, 0.2) is 24.3 Å². The molecule has 0 spiro atoms. The van der Waals surface area contributed by atoms with Gasteiger partial charge in [0.2, 0.25) is 5.91 Å². The fourth-order valence-corrected chi connectivity index (χ4v) is 8.91. The van der Waals surface area contributed by atoms with Crippen LogP contribution >= 0.6 is 0 Å². The first-order valence-corrected chi connectivity index (χ1v) is 28.2. The summed E-state index contributed by atoms with van der Waals surface area (Å²) in [5.41, 5.74) is 0. The molecule has 0 heterocycles. The first-order valence-electron chi connectivity index (χ1n) is 28.2. The molecule has 368 valence electrons. The lowest BCUT2D eigenvalue weighted by molar-refractivity contribution is -0.131. The topological polar surface area (TPSA) is 89.8 Å². The summed E-state index contributed by atoms with van der Waals surface area (Å²) in [6.07, 6.45) is 67.2. The van der Waals surface area contributed by atoms with Crippen LogP contribution in [0, 0.1) is 0 Å². The van der Waals surface area contributed by atoms with Crippen LogP contribution in [0.2, 0.25) is 0 Å². The number of amides is 1. The quantitative estimate of drug-likeness (QED) is 0.0362. The van der Waals surface area contributed by atoms with Gasteiger partial charge in [-0.05, 0) is 32.1 Å². The molecule has 0 fully saturated rings. The van der Waals surface area contributed by atoms with Crippen LogP contribution in [-0.4, -0.2) is 46.1 Å². The fourth-order valence-electron chi connectivity index (χ4n) is 8.91. The molecule has 5 nitrogen and oxygen atoms in total. The van der Waals surface area contributed by atoms with Gasteiger partial charge in [-0.1, -0.05) is 301 Å². The van der Waals surface area contributed by atoms with Crippen molar-refractivity contribution in [3.05, 3.63) is 24.3 Å². The van der Waals surface area contributed by atoms with E-state index in [4.69, 9.17) is 0 Å². The lowest BCUT2D eigenvalue weighted by Gasteiger charge is -2.21. The zero-order chi connectivity index (χ0) is 45.1. The maximum absolute atomic E-state index is 12.5. The van der Waals surface area contributed by atoms with Gasteiger partial charge < -0.3 is 20.6 Å². The molecule has 4 N–H and O–H groups in total. The minimum Gasteiger partial charge on any atom is -0.394 e. The maximum Gasteiger partial charge on any atom is 0.249 e. The van der Waals surface area contributed by atoms with Gasteiger partial charge in [-0.3, -0.25) is 4.79 Å². The summed E-state index contributed by atoms with van der Waals surface area (Å²) in [6, 6.07) is -0.811. The molecule has 62 heavy (non-hydrogen) atoms. The second-order valence-corrected chi connectivity index (χ2v) is 19.5. The second kappa shape index (κ2) is 52.5. The number of aliphatic hydroxyl groups excluding tert-OH is 3. The number of unbranched alkanes of at least 4 members (excludes halogenated alkanes) is 42. The van der Waals surface area contributed by atoms with Crippen molar-refractivity contribution < 1.29 is 20.1 Å². The molecule has 0 bridgehead atoms. The Bertz CT molecular complexity index is 920. The van der Waals surface area contributed by atoms with E-state index in [-0.39, 0.29) is 6.61 Å². The monoisotopic (exact) mass is 874 g/mol. The average Bonchev–Trinajstić information content (AvgIpc) is 3.28. The summed E-state index contributed by atoms with van der Waals surface area (Å²) in [5, 5.41) is 33.2. The molecule has 3 unspecified atom stereocenters. The Hall–Kier alpha value is -1.17. The van der Waals surface area contributed by atoms with E-state index in [1.54, 1.807) is 6.08 Å². The van der Waals surface area contributed by atoms with Crippen molar-refractivity contribution in [1.29, 1.82) is 0 Å². The smallest absolute Gasteiger partial charge is 0.249 e. The second-order valence-electron chi connectivity index (χ2n) is 19.5. The Balaban J connectivity index is 3.43. The van der Waals surface area contributed by atoms with E-state index in [1.165, 1.54) is 250 Å². The Kier molecular flexibility index (Phi) is 51.5. The third-order valence-electron chi connectivity index (χ3n) is 13.3. The molecule has 0 aliphatic carbocycles. The number of aliphatic hydroxyl groups is 3. The Morgan fingerprint density at radius 3 is 0.984 bits per heavy atom. The minimum atomic E-state index is -1.10. The van der Waals surface area contributed by atoms with E-state index in [2.05, 4.69) is 31.3 Å². The number of nitrogens with one attached hydrogen (secondary N) is 1. The first kappa shape index (κ1) is 60.8. The van der Waals surface area contributed by atoms with E-state index >= 15 is 0 Å². The molecule has 3 atom stereocenters. The molecule has 0 aromatic rings. The summed E-state index contributed by atoms with van der Waals surface area (Å²) >= 11 is 0. The van der Waals surface area contributed by atoms with Gasteiger partial charge in [0.15, 0.2) is 0 Å². The highest BCUT2D eigenvalue weighted by Crippen LogP contribution is 2.18. The molecule has 0 aliphatic rings. The molecule has 0 saturated heterocycles. The highest BCUT2D eigenvalue weighted by atomic mass is 16.3. The first-order chi connectivity index (χ1) is 30.6. The molecule has 0 aromatic heterocycles. The number of carbonyl (C=O) groups is 1. The summed E-state index contributed by atoms with van der Waals surface area (Å²) in [4.78, 5) is 12.5. The van der Waals surface area contributed by atoms with Crippen molar-refractivity contribution in [3.63, 3.8) is 0 Å². The third kappa shape index (κ3) is 46.8. The van der Waals surface area contributed by atoms with Gasteiger partial charge in [0, 0.05) is 0 Å². The largest absolute Gasteiger partial charge is 0.394 e. The van der Waals surface area contributed by atoms with Crippen molar-refractivity contribution in [3.8, 4) is 0 Å². The Morgan fingerprint density at radius 2 is 0.661 bits per heavy atom. The summed E-state index contributed by atoms with van der Waals surface area (Å²) in [5.74, 6) is -0.509. The third-order valence-corrected chi connectivity index (χ3v) is 13.3. The van der Waals surface area contributed by atoms with Crippen molar-refractivity contribution in [1.82, 2.24) is 5.32 Å². The number of carbonyl (C=O) groups excluding carboxylic acids is 1. The summed E-state index contributed by atoms with van der Waals surface area (Å²) in [7, 11) is 0. The standard InChI is InChI=1S/C57H111NO4/c1-3-5-7-9-11-13-15-17-18-19-20-21-22-23-24-25-26-27-28-29-30-31-32-33-34-35-36-37-38-39-40-42-44-46-48-50-52-56(61)57(62)58-54(53-59)55(60)51-49-47-45-43-41-16-14-12-10-8-6-4-2/h41,43,49,51,54-56,59-61H,3-40,42,44-48,50,52-53H2,1-2H3,(H,58,62)/b43-41+,51-49+. The number of hydrogen-bond donors (Lipinski definition) is 4. The summed E-state index contributed by atoms with van der Waals surface area (Å²) < 4.78 is 0. The van der Waals surface area contributed by atoms with E-state index in [0.29, 0.717) is 6.42 Å². The van der Waals surface area contributed by atoms with Crippen LogP contribution in [0.3, 0.4) is 0 Å². The van der Waals surface area contributed by atoms with Crippen LogP contribution in [0.5, 0.6) is 0 Å². The van der Waals surface area contributed by atoms with Gasteiger partial charge >= 0.3 is 0 Å². The molecule has 5 heteroatoms. The minimum absolute atomic E-state index is 0.373. The summed E-state index contributed by atoms with van der Waals surface area (Å²) in [6.45, 7) is 4.17. The number of hydrogen-bond acceptors (Lipinski definition) is 4. The maximum atomic E-state index is 12.5. The molecule has 0 radical (unpaired) electrons. The van der Waals surface area contributed by atoms with Crippen LogP contribution in [0.25, 0.3) is 0 Å². The SMILES string of the molecule is CCCCCCCC/C=C/CC/C=C/C(O)C(CO)NC(=O)C(O)CCCCCCCCCCCCCCCCCCCCCCCCCCCCCCCCCCCCCC. The van der Waals surface area contributed by atoms with E-state index < -0.39 is 24.2 Å². The molecule has 0 aliphatic heterocycles. The number of rotatable bonds is 52. The lowest BCUT2D eigenvalue weighted by Crippen LogP contribution is -2.48. The molecular weight excluding hydrogens is 763 g/mol. The molecule has 0 saturated carbocycles. The van der Waals surface area contributed by atoms with E-state index in [1.807, 2.05) is 6.08 Å². The normalized spacial score (nSPS) is 13.4. The predicted octanol–water partition coefficient (Wildman–Crippen LogP) is 17.3. The highest BCUT2D eigenvalue weighted by Gasteiger charge is 2.22. The molecule has 0 rings (SSSR count). The van der Waals surface area contributed by atoms with Gasteiger partial charge in [0.1, 0.15) is 6.10 Å². The molecular formula is C57H111NO4. The van der Waals surface area contributed by atoms with E-state index in [0.717, 1.165) is 38.5 Å². The van der Waals surface area contributed by atoms with Gasteiger partial charge in [-0.25, -0.2) is 0 Å². The average molecular weight is 875 g/mol. The number of allylic oxidation sites excluding steroid dienone is 3. The highest BCUT2D eigenvalue weighted by molar-refractivity contribution is 5.80. The van der Waals surface area contributed by atoms with Gasteiger partial charge in [0.05, 0.1) is 18.8 Å². The Morgan fingerprint density at radius 1 is 0.387 bits per heavy atom. The predicted molar refractivity (Wildman–Crippen MR) is 273 cm³/mol. The van der Waals surface area contributed by atoms with Gasteiger partial charge in [-0.15, -0.1) is 0 Å². The molecule has 1 amide bonds.